The molecule has 0 spiro atoms. The zero-order chi connectivity index (χ0) is 44.8. The first-order valence-electron chi connectivity index (χ1n) is 26.1. The maximum absolute atomic E-state index is 13.6. The van der Waals surface area contributed by atoms with Gasteiger partial charge in [0.2, 0.25) is 17.8 Å². The molecule has 2 amide bonds. The van der Waals surface area contributed by atoms with Crippen molar-refractivity contribution >= 4 is 40.2 Å². The molecule has 7 aliphatic rings. The summed E-state index contributed by atoms with van der Waals surface area (Å²) in [4.78, 5) is 54.0. The summed E-state index contributed by atoms with van der Waals surface area (Å²) in [6.07, 6.45) is 29.2. The molecule has 1 saturated heterocycles. The number of pyridine rings is 1. The number of nitrogens with one attached hydrogen (secondary N) is 3. The van der Waals surface area contributed by atoms with E-state index in [1.807, 2.05) is 17.6 Å². The number of hydrogen-bond donors (Lipinski definition) is 3. The third-order valence-corrected chi connectivity index (χ3v) is 16.4. The second kappa shape index (κ2) is 21.2. The summed E-state index contributed by atoms with van der Waals surface area (Å²) in [5.74, 6) is 4.25. The topological polar surface area (TPSA) is 134 Å². The Labute approximate surface area is 387 Å². The van der Waals surface area contributed by atoms with Crippen molar-refractivity contribution in [2.75, 3.05) is 56.6 Å². The van der Waals surface area contributed by atoms with E-state index in [0.29, 0.717) is 35.4 Å². The number of ether oxygens (including phenoxy) is 1. The largest absolute Gasteiger partial charge is 0.494 e. The first kappa shape index (κ1) is 45.9. The second-order valence-corrected chi connectivity index (χ2v) is 21.6. The summed E-state index contributed by atoms with van der Waals surface area (Å²) in [7, 11) is 1.69. The van der Waals surface area contributed by atoms with Gasteiger partial charge in [0.25, 0.3) is 5.56 Å². The summed E-state index contributed by atoms with van der Waals surface area (Å²) in [6.45, 7) is 8.06. The van der Waals surface area contributed by atoms with E-state index in [-0.39, 0.29) is 23.4 Å². The van der Waals surface area contributed by atoms with Crippen molar-refractivity contribution in [2.45, 2.75) is 167 Å². The molecule has 2 atom stereocenters. The Bertz CT molecular complexity index is 2130. The van der Waals surface area contributed by atoms with Gasteiger partial charge in [-0.3, -0.25) is 23.9 Å². The normalized spacial score (nSPS) is 26.4. The van der Waals surface area contributed by atoms with E-state index in [4.69, 9.17) is 9.72 Å². The Kier molecular flexibility index (Phi) is 15.0. The van der Waals surface area contributed by atoms with Gasteiger partial charge in [0.1, 0.15) is 11.4 Å². The fourth-order valence-electron chi connectivity index (χ4n) is 13.2. The van der Waals surface area contributed by atoms with Gasteiger partial charge in [0.15, 0.2) is 0 Å². The molecule has 0 radical (unpaired) electrons. The van der Waals surface area contributed by atoms with Crippen LogP contribution in [0.15, 0.2) is 35.3 Å². The van der Waals surface area contributed by atoms with Gasteiger partial charge in [-0.15, -0.1) is 0 Å². The van der Waals surface area contributed by atoms with Crippen LogP contribution in [0.3, 0.4) is 0 Å². The van der Waals surface area contributed by atoms with Crippen molar-refractivity contribution in [3.63, 3.8) is 0 Å². The molecule has 354 valence electrons. The lowest BCUT2D eigenvalue weighted by atomic mass is 9.49. The molecule has 6 saturated carbocycles. The molecule has 12 heteroatoms. The van der Waals surface area contributed by atoms with Crippen LogP contribution in [0.2, 0.25) is 0 Å². The van der Waals surface area contributed by atoms with Gasteiger partial charge < -0.3 is 25.6 Å². The van der Waals surface area contributed by atoms with Gasteiger partial charge in [-0.05, 0) is 138 Å². The number of amides is 2. The molecule has 10 rings (SSSR count). The standard InChI is InChI=1S/C53H78N8O4/c1-37-26-49(63)61(44-15-13-14-41(30-44)51(64)56-42-16-17-42)50-45(37)36-55-52(58-50)57-46-19-18-43(31-47(46)65-2)60-24-22-59(23-25-60)21-12-10-8-6-4-3-5-7-9-11-20-54-48(62)35-53-32-38-27-39(33-53)29-40(28-38)34-53/h18-19,26,31,36,38-42,44H,3-17,20-25,27-30,32-35H2,1-2H3,(H,54,62)(H,56,64)(H,55,57,58)/t38?,39?,40?,41-,44+,53?/m1/s1. The van der Waals surface area contributed by atoms with E-state index in [0.717, 1.165) is 123 Å². The summed E-state index contributed by atoms with van der Waals surface area (Å²) in [5.41, 5.74) is 3.63. The van der Waals surface area contributed by atoms with Crippen molar-refractivity contribution in [3.8, 4) is 5.75 Å². The monoisotopic (exact) mass is 891 g/mol. The van der Waals surface area contributed by atoms with Crippen LogP contribution in [0.5, 0.6) is 5.75 Å². The summed E-state index contributed by atoms with van der Waals surface area (Å²) >= 11 is 0. The number of carbonyl (C=O) groups is 2. The molecule has 4 bridgehead atoms. The predicted octanol–water partition coefficient (Wildman–Crippen LogP) is 9.61. The highest BCUT2D eigenvalue weighted by Gasteiger charge is 2.51. The quantitative estimate of drug-likeness (QED) is 0.0844. The van der Waals surface area contributed by atoms with Crippen molar-refractivity contribution in [1.82, 2.24) is 30.1 Å². The van der Waals surface area contributed by atoms with Crippen LogP contribution in [0, 0.1) is 36.0 Å². The van der Waals surface area contributed by atoms with Crippen LogP contribution in [0.1, 0.15) is 159 Å². The molecule has 12 nitrogen and oxygen atoms in total. The predicted molar refractivity (Wildman–Crippen MR) is 260 cm³/mol. The molecule has 65 heavy (non-hydrogen) atoms. The van der Waals surface area contributed by atoms with Gasteiger partial charge in [-0.2, -0.15) is 4.98 Å². The average molecular weight is 891 g/mol. The molecule has 3 N–H and O–H groups in total. The number of piperazine rings is 1. The zero-order valence-corrected chi connectivity index (χ0v) is 39.7. The number of unbranched alkanes of at least 4 members (excludes halogenated alkanes) is 9. The SMILES string of the molecule is COc1cc(N2CCN(CCCCCCCCCCCCNC(=O)CC34CC5CC(CC(C5)C3)C4)CC2)ccc1Nc1ncc2c(C)cc(=O)n([C@H]3CCC[C@@H](C(=O)NC4CC4)C3)c2n1. The van der Waals surface area contributed by atoms with Gasteiger partial charge in [-0.25, -0.2) is 4.98 Å². The van der Waals surface area contributed by atoms with Crippen LogP contribution in [-0.2, 0) is 9.59 Å². The van der Waals surface area contributed by atoms with Crippen LogP contribution < -0.4 is 31.1 Å². The number of rotatable bonds is 22. The molecule has 7 fully saturated rings. The van der Waals surface area contributed by atoms with Crippen molar-refractivity contribution in [2.24, 2.45) is 29.1 Å². The van der Waals surface area contributed by atoms with E-state index in [1.165, 1.54) is 103 Å². The maximum Gasteiger partial charge on any atom is 0.252 e. The Morgan fingerprint density at radius 3 is 2.17 bits per heavy atom. The second-order valence-electron chi connectivity index (χ2n) is 21.6. The first-order chi connectivity index (χ1) is 31.7. The number of nitrogens with zero attached hydrogens (tertiary/aromatic N) is 5. The Morgan fingerprint density at radius 2 is 1.49 bits per heavy atom. The van der Waals surface area contributed by atoms with Crippen LogP contribution in [0.25, 0.3) is 11.0 Å². The Hall–Kier alpha value is -4.19. The third-order valence-electron chi connectivity index (χ3n) is 16.4. The molecule has 3 aromatic rings. The lowest BCUT2D eigenvalue weighted by molar-refractivity contribution is -0.129. The lowest BCUT2D eigenvalue weighted by Gasteiger charge is -2.56. The summed E-state index contributed by atoms with van der Waals surface area (Å²) in [6, 6.07) is 8.17. The maximum atomic E-state index is 13.6. The minimum Gasteiger partial charge on any atom is -0.494 e. The third kappa shape index (κ3) is 11.7. The number of methoxy groups -OCH3 is 1. The Morgan fingerprint density at radius 1 is 0.815 bits per heavy atom. The van der Waals surface area contributed by atoms with Gasteiger partial charge in [0.05, 0.1) is 12.8 Å². The highest BCUT2D eigenvalue weighted by molar-refractivity contribution is 5.81. The number of carbonyl (C=O) groups excluding carboxylic acids is 2. The van der Waals surface area contributed by atoms with Crippen LogP contribution >= 0.6 is 0 Å². The smallest absolute Gasteiger partial charge is 0.252 e. The lowest BCUT2D eigenvalue weighted by Crippen LogP contribution is -2.48. The molecule has 2 aromatic heterocycles. The van der Waals surface area contributed by atoms with E-state index >= 15 is 0 Å². The molecule has 0 unspecified atom stereocenters. The summed E-state index contributed by atoms with van der Waals surface area (Å²) < 4.78 is 7.69. The highest BCUT2D eigenvalue weighted by Crippen LogP contribution is 2.61. The average Bonchev–Trinajstić information content (AvgIpc) is 4.12. The van der Waals surface area contributed by atoms with E-state index in [2.05, 4.69) is 42.9 Å². The van der Waals surface area contributed by atoms with Gasteiger partial charge in [0, 0.05) is 86.5 Å². The van der Waals surface area contributed by atoms with Crippen molar-refractivity contribution in [3.05, 3.63) is 46.4 Å². The molecular formula is C53H78N8O4. The van der Waals surface area contributed by atoms with Crippen molar-refractivity contribution in [1.29, 1.82) is 0 Å². The van der Waals surface area contributed by atoms with E-state index in [9.17, 15) is 14.4 Å². The number of hydrogen-bond acceptors (Lipinski definition) is 9. The molecule has 1 aromatic carbocycles. The molecule has 1 aliphatic heterocycles. The fraction of sp³-hybridized carbons (Fsp3) is 0.717. The molecular weight excluding hydrogens is 813 g/mol. The van der Waals surface area contributed by atoms with Crippen molar-refractivity contribution < 1.29 is 14.3 Å². The van der Waals surface area contributed by atoms with Gasteiger partial charge >= 0.3 is 0 Å². The summed E-state index contributed by atoms with van der Waals surface area (Å²) in [5, 5.41) is 10.7. The van der Waals surface area contributed by atoms with E-state index in [1.54, 1.807) is 19.4 Å². The number of anilines is 3. The fourth-order valence-corrected chi connectivity index (χ4v) is 13.2. The number of benzene rings is 1. The number of aromatic nitrogens is 3. The Balaban J connectivity index is 0.650. The van der Waals surface area contributed by atoms with E-state index < -0.39 is 0 Å². The minimum absolute atomic E-state index is 0.0843. The number of aryl methyl sites for hydroxylation is 1. The minimum atomic E-state index is -0.0959. The molecule has 6 aliphatic carbocycles. The number of fused-ring (bicyclic) bond motifs is 1. The highest BCUT2D eigenvalue weighted by atomic mass is 16.5. The van der Waals surface area contributed by atoms with Crippen LogP contribution in [0.4, 0.5) is 17.3 Å². The zero-order valence-electron chi connectivity index (χ0n) is 39.7. The molecule has 3 heterocycles. The first-order valence-corrected chi connectivity index (χ1v) is 26.1. The van der Waals surface area contributed by atoms with Gasteiger partial charge in [-0.1, -0.05) is 57.8 Å². The van der Waals surface area contributed by atoms with Crippen LogP contribution in [-0.4, -0.2) is 83.7 Å².